The average Bonchev–Trinajstić information content (AvgIpc) is 3.61. The maximum absolute atomic E-state index is 2.44. The summed E-state index contributed by atoms with van der Waals surface area (Å²) >= 11 is 0. The quantitative estimate of drug-likeness (QED) is 0.152. The van der Waals surface area contributed by atoms with Gasteiger partial charge in [-0.15, -0.1) is 0 Å². The SMILES string of the molecule is c1ccc(-c2ccc(-c3ccc(N(c4ccccc4)c4ccc5c6ccccc6n(-c6ccccc6-c6ccccc6)c5c4)cc3-c3ccccc3)cc2)cc1. The van der Waals surface area contributed by atoms with Crippen LogP contribution in [0.4, 0.5) is 17.1 Å². The predicted molar refractivity (Wildman–Crippen MR) is 237 cm³/mol. The van der Waals surface area contributed by atoms with Gasteiger partial charge in [-0.3, -0.25) is 0 Å². The van der Waals surface area contributed by atoms with E-state index < -0.39 is 0 Å². The summed E-state index contributed by atoms with van der Waals surface area (Å²) in [6, 6.07) is 83.1. The second kappa shape index (κ2) is 14.4. The summed E-state index contributed by atoms with van der Waals surface area (Å²) in [5.41, 5.74) is 16.3. The van der Waals surface area contributed by atoms with E-state index in [1.165, 1.54) is 60.8 Å². The van der Waals surface area contributed by atoms with E-state index in [-0.39, 0.29) is 0 Å². The Morgan fingerprint density at radius 2 is 0.750 bits per heavy atom. The van der Waals surface area contributed by atoms with Gasteiger partial charge in [0.25, 0.3) is 0 Å². The lowest BCUT2D eigenvalue weighted by atomic mass is 9.92. The van der Waals surface area contributed by atoms with Crippen molar-refractivity contribution in [2.45, 2.75) is 0 Å². The highest BCUT2D eigenvalue weighted by Gasteiger charge is 2.20. The van der Waals surface area contributed by atoms with Gasteiger partial charge in [0.05, 0.1) is 16.7 Å². The number of hydrogen-bond donors (Lipinski definition) is 0. The third-order valence-electron chi connectivity index (χ3n) is 10.8. The van der Waals surface area contributed by atoms with Crippen molar-refractivity contribution < 1.29 is 0 Å². The Labute approximate surface area is 327 Å². The molecule has 0 aliphatic rings. The minimum Gasteiger partial charge on any atom is -0.310 e. The maximum Gasteiger partial charge on any atom is 0.0562 e. The van der Waals surface area contributed by atoms with E-state index in [4.69, 9.17) is 0 Å². The Morgan fingerprint density at radius 1 is 0.268 bits per heavy atom. The first-order chi connectivity index (χ1) is 27.8. The van der Waals surface area contributed by atoms with Crippen molar-refractivity contribution in [3.8, 4) is 50.2 Å². The zero-order valence-electron chi connectivity index (χ0n) is 30.8. The summed E-state index contributed by atoms with van der Waals surface area (Å²) in [7, 11) is 0. The van der Waals surface area contributed by atoms with E-state index in [0.717, 1.165) is 28.3 Å². The highest BCUT2D eigenvalue weighted by molar-refractivity contribution is 6.11. The number of anilines is 3. The first-order valence-electron chi connectivity index (χ1n) is 19.2. The molecule has 56 heavy (non-hydrogen) atoms. The number of nitrogens with zero attached hydrogens (tertiary/aromatic N) is 2. The van der Waals surface area contributed by atoms with Gasteiger partial charge in [0.2, 0.25) is 0 Å². The van der Waals surface area contributed by atoms with Crippen molar-refractivity contribution >= 4 is 38.9 Å². The van der Waals surface area contributed by atoms with E-state index in [2.05, 4.69) is 240 Å². The lowest BCUT2D eigenvalue weighted by Gasteiger charge is -2.27. The van der Waals surface area contributed by atoms with Crippen LogP contribution in [-0.2, 0) is 0 Å². The first-order valence-corrected chi connectivity index (χ1v) is 19.2. The third-order valence-corrected chi connectivity index (χ3v) is 10.8. The smallest absolute Gasteiger partial charge is 0.0562 e. The Balaban J connectivity index is 1.16. The highest BCUT2D eigenvalue weighted by Crippen LogP contribution is 2.43. The van der Waals surface area contributed by atoms with E-state index in [0.29, 0.717) is 0 Å². The molecule has 0 fully saturated rings. The van der Waals surface area contributed by atoms with Gasteiger partial charge < -0.3 is 9.47 Å². The van der Waals surface area contributed by atoms with Crippen LogP contribution in [-0.4, -0.2) is 4.57 Å². The van der Waals surface area contributed by atoms with Crippen LogP contribution < -0.4 is 4.90 Å². The second-order valence-electron chi connectivity index (χ2n) is 14.1. The molecule has 9 aromatic carbocycles. The molecule has 2 nitrogen and oxygen atoms in total. The molecule has 0 unspecified atom stereocenters. The van der Waals surface area contributed by atoms with Crippen molar-refractivity contribution in [3.63, 3.8) is 0 Å². The number of aromatic nitrogens is 1. The maximum atomic E-state index is 2.44. The minimum absolute atomic E-state index is 1.09. The van der Waals surface area contributed by atoms with Gasteiger partial charge in [-0.25, -0.2) is 0 Å². The van der Waals surface area contributed by atoms with Gasteiger partial charge in [-0.05, 0) is 87.5 Å². The molecule has 0 aliphatic carbocycles. The molecule has 0 spiro atoms. The van der Waals surface area contributed by atoms with Crippen molar-refractivity contribution in [1.29, 1.82) is 0 Å². The second-order valence-corrected chi connectivity index (χ2v) is 14.1. The molecule has 1 aromatic heterocycles. The summed E-state index contributed by atoms with van der Waals surface area (Å²) in [5, 5.41) is 2.46. The largest absolute Gasteiger partial charge is 0.310 e. The van der Waals surface area contributed by atoms with Gasteiger partial charge in [0, 0.05) is 33.4 Å². The van der Waals surface area contributed by atoms with E-state index in [9.17, 15) is 0 Å². The Kier molecular flexibility index (Phi) is 8.55. The molecular weight excluding hydrogens is 677 g/mol. The number of hydrogen-bond acceptors (Lipinski definition) is 1. The normalized spacial score (nSPS) is 11.2. The van der Waals surface area contributed by atoms with Gasteiger partial charge >= 0.3 is 0 Å². The van der Waals surface area contributed by atoms with E-state index in [1.807, 2.05) is 0 Å². The molecule has 0 bridgehead atoms. The van der Waals surface area contributed by atoms with Crippen LogP contribution in [0.5, 0.6) is 0 Å². The van der Waals surface area contributed by atoms with Crippen LogP contribution in [0, 0.1) is 0 Å². The standard InChI is InChI=1S/C54H38N2/c1-5-17-39(18-6-1)40-29-31-43(32-30-40)47-35-33-45(37-51(47)42-21-9-3-10-22-42)55(44-23-11-4-12-24-44)46-34-36-50-49-26-14-16-28-53(49)56(54(50)38-46)52-27-15-13-25-48(52)41-19-7-2-8-20-41/h1-38H. The zero-order valence-corrected chi connectivity index (χ0v) is 30.8. The number of para-hydroxylation sites is 3. The number of fused-ring (bicyclic) bond motifs is 3. The van der Waals surface area contributed by atoms with Crippen LogP contribution in [0.15, 0.2) is 231 Å². The molecule has 0 N–H and O–H groups in total. The molecule has 0 atom stereocenters. The fourth-order valence-electron chi connectivity index (χ4n) is 8.16. The predicted octanol–water partition coefficient (Wildman–Crippen LogP) is 14.9. The fourth-order valence-corrected chi connectivity index (χ4v) is 8.16. The van der Waals surface area contributed by atoms with Crippen molar-refractivity contribution in [1.82, 2.24) is 4.57 Å². The molecule has 0 saturated carbocycles. The summed E-state index contributed by atoms with van der Waals surface area (Å²) in [5.74, 6) is 0. The Hall–Kier alpha value is -7.42. The Bertz CT molecular complexity index is 2930. The Morgan fingerprint density at radius 3 is 1.46 bits per heavy atom. The van der Waals surface area contributed by atoms with E-state index in [1.54, 1.807) is 0 Å². The summed E-state index contributed by atoms with van der Waals surface area (Å²) in [6.45, 7) is 0. The van der Waals surface area contributed by atoms with Crippen LogP contribution in [0.2, 0.25) is 0 Å². The van der Waals surface area contributed by atoms with Gasteiger partial charge in [0.1, 0.15) is 0 Å². The summed E-state index contributed by atoms with van der Waals surface area (Å²) in [4.78, 5) is 2.39. The monoisotopic (exact) mass is 714 g/mol. The minimum atomic E-state index is 1.09. The van der Waals surface area contributed by atoms with Gasteiger partial charge in [0.15, 0.2) is 0 Å². The molecule has 0 saturated heterocycles. The molecule has 10 aromatic rings. The lowest BCUT2D eigenvalue weighted by Crippen LogP contribution is -2.10. The van der Waals surface area contributed by atoms with Crippen LogP contribution in [0.25, 0.3) is 72.0 Å². The van der Waals surface area contributed by atoms with Crippen LogP contribution in [0.3, 0.4) is 0 Å². The van der Waals surface area contributed by atoms with Gasteiger partial charge in [-0.2, -0.15) is 0 Å². The van der Waals surface area contributed by atoms with Gasteiger partial charge in [-0.1, -0.05) is 182 Å². The topological polar surface area (TPSA) is 8.17 Å². The molecule has 1 heterocycles. The number of rotatable bonds is 8. The molecule has 0 aliphatic heterocycles. The average molecular weight is 715 g/mol. The summed E-state index contributed by atoms with van der Waals surface area (Å²) < 4.78 is 2.44. The van der Waals surface area contributed by atoms with Crippen molar-refractivity contribution in [2.75, 3.05) is 4.90 Å². The molecule has 0 amide bonds. The highest BCUT2D eigenvalue weighted by atomic mass is 15.1. The molecule has 264 valence electrons. The zero-order chi connectivity index (χ0) is 37.3. The lowest BCUT2D eigenvalue weighted by molar-refractivity contribution is 1.18. The fraction of sp³-hybridized carbons (Fsp3) is 0. The van der Waals surface area contributed by atoms with Crippen molar-refractivity contribution in [2.24, 2.45) is 0 Å². The molecule has 2 heteroatoms. The molecule has 10 rings (SSSR count). The third kappa shape index (κ3) is 6.04. The van der Waals surface area contributed by atoms with E-state index >= 15 is 0 Å². The van der Waals surface area contributed by atoms with Crippen LogP contribution >= 0.6 is 0 Å². The van der Waals surface area contributed by atoms with Crippen LogP contribution in [0.1, 0.15) is 0 Å². The summed E-state index contributed by atoms with van der Waals surface area (Å²) in [6.07, 6.45) is 0. The molecule has 0 radical (unpaired) electrons. The molecular formula is C54H38N2. The van der Waals surface area contributed by atoms with Crippen molar-refractivity contribution in [3.05, 3.63) is 231 Å². The first kappa shape index (κ1) is 33.2. The number of benzene rings is 9.